The summed E-state index contributed by atoms with van der Waals surface area (Å²) in [6.45, 7) is 8.99. The van der Waals surface area contributed by atoms with Crippen LogP contribution in [-0.2, 0) is 19.1 Å². The van der Waals surface area contributed by atoms with Gasteiger partial charge < -0.3 is 14.0 Å². The predicted molar refractivity (Wildman–Crippen MR) is 101 cm³/mol. The van der Waals surface area contributed by atoms with Crippen LogP contribution in [0.5, 0.6) is 0 Å². The van der Waals surface area contributed by atoms with E-state index >= 15 is 0 Å². The number of nitrogens with zero attached hydrogens (tertiary/aromatic N) is 1. The first-order valence-corrected chi connectivity index (χ1v) is 9.58. The van der Waals surface area contributed by atoms with E-state index in [2.05, 4.69) is 13.5 Å². The molecule has 0 heterocycles. The molecule has 0 atom stereocenters. The highest BCUT2D eigenvalue weighted by Crippen LogP contribution is 2.08. The van der Waals surface area contributed by atoms with Crippen molar-refractivity contribution in [2.45, 2.75) is 65.2 Å². The molecule has 0 spiro atoms. The van der Waals surface area contributed by atoms with Gasteiger partial charge in [0.2, 0.25) is 0 Å². The molecule has 0 aromatic rings. The van der Waals surface area contributed by atoms with Crippen LogP contribution in [0.2, 0.25) is 0 Å². The summed E-state index contributed by atoms with van der Waals surface area (Å²) in [6.07, 6.45) is 9.81. The summed E-state index contributed by atoms with van der Waals surface area (Å²) in [5.41, 5.74) is 0.384. The molecule has 0 radical (unpaired) electrons. The number of hydrogen-bond acceptors (Lipinski definition) is 4. The molecule has 0 rings (SSSR count). The minimum absolute atomic E-state index is 0.195. The van der Waals surface area contributed by atoms with Crippen LogP contribution in [0.25, 0.3) is 0 Å². The maximum atomic E-state index is 11.9. The third-order valence-corrected chi connectivity index (χ3v) is 4.10. The molecule has 0 aromatic carbocycles. The highest BCUT2D eigenvalue weighted by atomic mass is 16.5. The van der Waals surface area contributed by atoms with Gasteiger partial charge in [-0.25, -0.2) is 9.59 Å². The molecule has 0 aromatic heterocycles. The highest BCUT2D eigenvalue weighted by Gasteiger charge is 2.21. The fourth-order valence-corrected chi connectivity index (χ4v) is 2.40. The van der Waals surface area contributed by atoms with E-state index < -0.39 is 5.97 Å². The summed E-state index contributed by atoms with van der Waals surface area (Å²) in [6, 6.07) is 0. The van der Waals surface area contributed by atoms with E-state index in [0.717, 1.165) is 12.8 Å². The van der Waals surface area contributed by atoms with Crippen LogP contribution in [0.15, 0.2) is 12.2 Å². The van der Waals surface area contributed by atoms with Gasteiger partial charge in [0.25, 0.3) is 0 Å². The Bertz CT molecular complexity index is 405. The van der Waals surface area contributed by atoms with Crippen molar-refractivity contribution in [1.29, 1.82) is 0 Å². The SMILES string of the molecule is C=C(C)C(=O)OCC[N+](C)(C)CC(=O)OCCCCCCCCCC. The summed E-state index contributed by atoms with van der Waals surface area (Å²) < 4.78 is 10.8. The van der Waals surface area contributed by atoms with Crippen LogP contribution in [0.4, 0.5) is 0 Å². The molecular formula is C20H38NO4+. The van der Waals surface area contributed by atoms with Crippen LogP contribution in [0.3, 0.4) is 0 Å². The van der Waals surface area contributed by atoms with E-state index in [1.165, 1.54) is 38.5 Å². The number of carbonyl (C=O) groups excluding carboxylic acids is 2. The fraction of sp³-hybridized carbons (Fsp3) is 0.800. The quantitative estimate of drug-likeness (QED) is 0.193. The average Bonchev–Trinajstić information content (AvgIpc) is 2.52. The minimum Gasteiger partial charge on any atom is -0.462 e. The lowest BCUT2D eigenvalue weighted by Crippen LogP contribution is -2.46. The number of hydrogen-bond donors (Lipinski definition) is 0. The molecule has 146 valence electrons. The normalized spacial score (nSPS) is 11.2. The molecule has 0 bridgehead atoms. The lowest BCUT2D eigenvalue weighted by atomic mass is 10.1. The summed E-state index contributed by atoms with van der Waals surface area (Å²) in [7, 11) is 3.85. The van der Waals surface area contributed by atoms with Crippen molar-refractivity contribution in [2.24, 2.45) is 0 Å². The van der Waals surface area contributed by atoms with E-state index in [9.17, 15) is 9.59 Å². The van der Waals surface area contributed by atoms with Crippen molar-refractivity contribution < 1.29 is 23.5 Å². The van der Waals surface area contributed by atoms with Gasteiger partial charge in [-0.3, -0.25) is 0 Å². The van der Waals surface area contributed by atoms with E-state index in [-0.39, 0.29) is 19.1 Å². The Kier molecular flexibility index (Phi) is 13.1. The molecule has 0 N–H and O–H groups in total. The van der Waals surface area contributed by atoms with Crippen LogP contribution in [0, 0.1) is 0 Å². The van der Waals surface area contributed by atoms with Gasteiger partial charge in [-0.15, -0.1) is 0 Å². The summed E-state index contributed by atoms with van der Waals surface area (Å²) in [5.74, 6) is -0.587. The summed E-state index contributed by atoms with van der Waals surface area (Å²) in [4.78, 5) is 23.2. The number of rotatable bonds is 15. The molecular weight excluding hydrogens is 318 g/mol. The first-order valence-electron chi connectivity index (χ1n) is 9.58. The summed E-state index contributed by atoms with van der Waals surface area (Å²) in [5, 5.41) is 0. The number of likely N-dealkylation sites (N-methyl/N-ethyl adjacent to an activating group) is 1. The molecule has 0 aliphatic heterocycles. The van der Waals surface area contributed by atoms with Gasteiger partial charge in [0.05, 0.1) is 20.7 Å². The second-order valence-corrected chi connectivity index (χ2v) is 7.43. The first kappa shape index (κ1) is 23.6. The Morgan fingerprint density at radius 1 is 0.880 bits per heavy atom. The number of carbonyl (C=O) groups is 2. The Hall–Kier alpha value is -1.36. The largest absolute Gasteiger partial charge is 0.462 e. The van der Waals surface area contributed by atoms with Gasteiger partial charge in [-0.2, -0.15) is 0 Å². The monoisotopic (exact) mass is 356 g/mol. The van der Waals surface area contributed by atoms with Gasteiger partial charge >= 0.3 is 11.9 Å². The molecule has 0 fully saturated rings. The summed E-state index contributed by atoms with van der Waals surface area (Å²) >= 11 is 0. The number of esters is 2. The van der Waals surface area contributed by atoms with Crippen molar-refractivity contribution in [3.63, 3.8) is 0 Å². The number of unbranched alkanes of at least 4 members (excludes halogenated alkanes) is 7. The van der Waals surface area contributed by atoms with E-state index in [1.807, 2.05) is 14.1 Å². The molecule has 0 unspecified atom stereocenters. The molecule has 0 aliphatic rings. The zero-order chi connectivity index (χ0) is 19.1. The van der Waals surface area contributed by atoms with Gasteiger partial charge in [0.1, 0.15) is 13.2 Å². The van der Waals surface area contributed by atoms with Gasteiger partial charge in [-0.1, -0.05) is 58.4 Å². The van der Waals surface area contributed by atoms with Gasteiger partial charge in [-0.05, 0) is 13.3 Å². The highest BCUT2D eigenvalue weighted by molar-refractivity contribution is 5.86. The third-order valence-electron chi connectivity index (χ3n) is 4.10. The van der Waals surface area contributed by atoms with Crippen molar-refractivity contribution >= 4 is 11.9 Å². The molecule has 5 nitrogen and oxygen atoms in total. The van der Waals surface area contributed by atoms with Crippen LogP contribution in [0.1, 0.15) is 65.2 Å². The van der Waals surface area contributed by atoms with E-state index in [0.29, 0.717) is 23.2 Å². The second-order valence-electron chi connectivity index (χ2n) is 7.43. The standard InChI is InChI=1S/C20H38NO4/c1-6-7-8-9-10-11-12-13-15-24-19(22)17-21(4,5)14-16-25-20(23)18(2)3/h2,6-17H2,1,3-5H3/q+1. The fourth-order valence-electron chi connectivity index (χ4n) is 2.40. The second kappa shape index (κ2) is 13.9. The molecule has 5 heteroatoms. The predicted octanol–water partition coefficient (Wildman–Crippen LogP) is 3.87. The van der Waals surface area contributed by atoms with E-state index in [4.69, 9.17) is 9.47 Å². The zero-order valence-electron chi connectivity index (χ0n) is 16.8. The topological polar surface area (TPSA) is 52.6 Å². The van der Waals surface area contributed by atoms with Gasteiger partial charge in [0, 0.05) is 5.57 Å². The van der Waals surface area contributed by atoms with Crippen molar-refractivity contribution in [3.8, 4) is 0 Å². The zero-order valence-corrected chi connectivity index (χ0v) is 16.8. The first-order chi connectivity index (χ1) is 11.8. The molecule has 0 saturated heterocycles. The number of quaternary nitrogens is 1. The van der Waals surface area contributed by atoms with Crippen LogP contribution < -0.4 is 0 Å². The van der Waals surface area contributed by atoms with Crippen LogP contribution >= 0.6 is 0 Å². The minimum atomic E-state index is -0.391. The maximum Gasteiger partial charge on any atom is 0.361 e. The smallest absolute Gasteiger partial charge is 0.361 e. The Morgan fingerprint density at radius 2 is 1.44 bits per heavy atom. The van der Waals surface area contributed by atoms with Gasteiger partial charge in [0.15, 0.2) is 6.54 Å². The Labute approximate surface area is 154 Å². The molecule has 25 heavy (non-hydrogen) atoms. The molecule has 0 aliphatic carbocycles. The molecule has 0 saturated carbocycles. The maximum absolute atomic E-state index is 11.9. The van der Waals surface area contributed by atoms with Crippen molar-refractivity contribution in [2.75, 3.05) is 40.4 Å². The van der Waals surface area contributed by atoms with Crippen LogP contribution in [-0.4, -0.2) is 56.8 Å². The van der Waals surface area contributed by atoms with E-state index in [1.54, 1.807) is 6.92 Å². The number of ether oxygens (including phenoxy) is 2. The lowest BCUT2D eigenvalue weighted by Gasteiger charge is -2.28. The van der Waals surface area contributed by atoms with Crippen molar-refractivity contribution in [1.82, 2.24) is 0 Å². The molecule has 0 amide bonds. The Morgan fingerprint density at radius 3 is 2.00 bits per heavy atom. The van der Waals surface area contributed by atoms with Crippen molar-refractivity contribution in [3.05, 3.63) is 12.2 Å². The average molecular weight is 357 g/mol. The lowest BCUT2D eigenvalue weighted by molar-refractivity contribution is -0.883. The Balaban J connectivity index is 3.68. The third kappa shape index (κ3) is 14.7.